The molecule has 0 radical (unpaired) electrons. The minimum atomic E-state index is -2.89. The lowest BCUT2D eigenvalue weighted by atomic mass is 10.0. The van der Waals surface area contributed by atoms with Crippen molar-refractivity contribution in [1.29, 1.82) is 0 Å². The Morgan fingerprint density at radius 3 is 2.43 bits per heavy atom. The highest BCUT2D eigenvalue weighted by Gasteiger charge is 2.25. The summed E-state index contributed by atoms with van der Waals surface area (Å²) in [4.78, 5) is 0. The van der Waals surface area contributed by atoms with Gasteiger partial charge in [0.25, 0.3) is 0 Å². The predicted octanol–water partition coefficient (Wildman–Crippen LogP) is 3.34. The lowest BCUT2D eigenvalue weighted by molar-refractivity contribution is 0.562. The third-order valence-corrected chi connectivity index (χ3v) is 5.66. The molecule has 2 aromatic carbocycles. The molecule has 1 unspecified atom stereocenters. The van der Waals surface area contributed by atoms with Crippen LogP contribution in [0.5, 0.6) is 0 Å². The molecule has 1 N–H and O–H groups in total. The molecule has 1 fully saturated rings. The van der Waals surface area contributed by atoms with E-state index in [2.05, 4.69) is 23.5 Å². The van der Waals surface area contributed by atoms with Crippen molar-refractivity contribution in [2.24, 2.45) is 0 Å². The number of nitrogens with one attached hydrogen (secondary N) is 1. The molecule has 0 spiro atoms. The summed E-state index contributed by atoms with van der Waals surface area (Å²) in [6.07, 6.45) is 1.65. The molecular weight excluding hydrogens is 282 g/mol. The molecule has 2 aromatic rings. The van der Waals surface area contributed by atoms with Crippen LogP contribution in [-0.4, -0.2) is 26.0 Å². The largest absolute Gasteiger partial charge is 0.381 e. The van der Waals surface area contributed by atoms with Gasteiger partial charge in [0.05, 0.1) is 11.5 Å². The second-order valence-corrected chi connectivity index (χ2v) is 7.74. The molecule has 3 rings (SSSR count). The Hall–Kier alpha value is -1.81. The van der Waals surface area contributed by atoms with E-state index in [1.165, 1.54) is 0 Å². The number of benzene rings is 2. The Bertz CT molecular complexity index is 711. The Balaban J connectivity index is 1.86. The van der Waals surface area contributed by atoms with Crippen LogP contribution in [0.1, 0.15) is 12.8 Å². The van der Waals surface area contributed by atoms with Crippen molar-refractivity contribution < 1.29 is 8.42 Å². The molecular formula is C17H19NO2S. The minimum Gasteiger partial charge on any atom is -0.381 e. The number of para-hydroxylation sites is 1. The van der Waals surface area contributed by atoms with Gasteiger partial charge in [0.15, 0.2) is 9.84 Å². The van der Waals surface area contributed by atoms with Crippen LogP contribution in [0, 0.1) is 0 Å². The van der Waals surface area contributed by atoms with Crippen molar-refractivity contribution in [2.45, 2.75) is 18.9 Å². The molecule has 1 heterocycles. The zero-order chi connectivity index (χ0) is 14.7. The molecule has 0 aromatic heterocycles. The quantitative estimate of drug-likeness (QED) is 0.945. The third kappa shape index (κ3) is 3.45. The molecule has 0 bridgehead atoms. The molecule has 1 atom stereocenters. The Labute approximate surface area is 125 Å². The van der Waals surface area contributed by atoms with Crippen LogP contribution in [0.25, 0.3) is 11.1 Å². The third-order valence-electron chi connectivity index (χ3n) is 3.83. The summed E-state index contributed by atoms with van der Waals surface area (Å²) in [6, 6.07) is 18.2. The van der Waals surface area contributed by atoms with Crippen molar-refractivity contribution in [3.8, 4) is 11.1 Å². The second kappa shape index (κ2) is 5.90. The maximum Gasteiger partial charge on any atom is 0.152 e. The predicted molar refractivity (Wildman–Crippen MR) is 87.2 cm³/mol. The Kier molecular flexibility index (Phi) is 3.97. The van der Waals surface area contributed by atoms with Gasteiger partial charge in [-0.3, -0.25) is 0 Å². The average Bonchev–Trinajstić information content (AvgIpc) is 2.48. The maximum atomic E-state index is 11.8. The lowest BCUT2D eigenvalue weighted by Gasteiger charge is -2.25. The van der Waals surface area contributed by atoms with E-state index in [1.54, 1.807) is 0 Å². The first kappa shape index (κ1) is 14.1. The highest BCUT2D eigenvalue weighted by molar-refractivity contribution is 7.91. The molecule has 21 heavy (non-hydrogen) atoms. The SMILES string of the molecule is O=S1(=O)CCCC(Nc2ccccc2-c2ccccc2)C1. The lowest BCUT2D eigenvalue weighted by Crippen LogP contribution is -2.34. The van der Waals surface area contributed by atoms with E-state index in [-0.39, 0.29) is 11.8 Å². The van der Waals surface area contributed by atoms with Gasteiger partial charge in [-0.2, -0.15) is 0 Å². The molecule has 0 amide bonds. The summed E-state index contributed by atoms with van der Waals surface area (Å²) in [6.45, 7) is 0. The Morgan fingerprint density at radius 1 is 0.952 bits per heavy atom. The topological polar surface area (TPSA) is 46.2 Å². The number of sulfone groups is 1. The number of hydrogen-bond donors (Lipinski definition) is 1. The fraction of sp³-hybridized carbons (Fsp3) is 0.294. The van der Waals surface area contributed by atoms with Gasteiger partial charge in [-0.15, -0.1) is 0 Å². The summed E-state index contributed by atoms with van der Waals surface area (Å²) in [7, 11) is -2.89. The molecule has 0 saturated carbocycles. The van der Waals surface area contributed by atoms with Gasteiger partial charge in [0.1, 0.15) is 0 Å². The number of rotatable bonds is 3. The smallest absolute Gasteiger partial charge is 0.152 e. The van der Waals surface area contributed by atoms with Crippen LogP contribution < -0.4 is 5.32 Å². The van der Waals surface area contributed by atoms with Crippen LogP contribution in [0.3, 0.4) is 0 Å². The van der Waals surface area contributed by atoms with Crippen molar-refractivity contribution in [3.05, 3.63) is 54.6 Å². The van der Waals surface area contributed by atoms with Crippen molar-refractivity contribution >= 4 is 15.5 Å². The molecule has 4 heteroatoms. The molecule has 0 aliphatic carbocycles. The minimum absolute atomic E-state index is 0.00797. The number of hydrogen-bond acceptors (Lipinski definition) is 3. The first-order valence-electron chi connectivity index (χ1n) is 7.25. The highest BCUT2D eigenvalue weighted by Crippen LogP contribution is 2.29. The maximum absolute atomic E-state index is 11.8. The van der Waals surface area contributed by atoms with Crippen LogP contribution in [0.2, 0.25) is 0 Å². The Morgan fingerprint density at radius 2 is 1.67 bits per heavy atom. The van der Waals surface area contributed by atoms with E-state index in [9.17, 15) is 8.42 Å². The van der Waals surface area contributed by atoms with Crippen LogP contribution >= 0.6 is 0 Å². The summed E-state index contributed by atoms with van der Waals surface area (Å²) in [5.74, 6) is 0.557. The summed E-state index contributed by atoms with van der Waals surface area (Å²) >= 11 is 0. The van der Waals surface area contributed by atoms with Gasteiger partial charge >= 0.3 is 0 Å². The molecule has 1 aliphatic heterocycles. The van der Waals surface area contributed by atoms with Gasteiger partial charge in [-0.1, -0.05) is 48.5 Å². The molecule has 110 valence electrons. The normalized spacial score (nSPS) is 20.9. The van der Waals surface area contributed by atoms with Crippen molar-refractivity contribution in [2.75, 3.05) is 16.8 Å². The average molecular weight is 301 g/mol. The summed E-state index contributed by atoms with van der Waals surface area (Å²) < 4.78 is 23.5. The van der Waals surface area contributed by atoms with E-state index in [0.29, 0.717) is 5.75 Å². The van der Waals surface area contributed by atoms with E-state index in [1.807, 2.05) is 36.4 Å². The highest BCUT2D eigenvalue weighted by atomic mass is 32.2. The monoisotopic (exact) mass is 301 g/mol. The van der Waals surface area contributed by atoms with Crippen LogP contribution in [0.4, 0.5) is 5.69 Å². The second-order valence-electron chi connectivity index (χ2n) is 5.51. The van der Waals surface area contributed by atoms with E-state index in [0.717, 1.165) is 29.7 Å². The fourth-order valence-corrected chi connectivity index (χ4v) is 4.47. The zero-order valence-corrected chi connectivity index (χ0v) is 12.6. The van der Waals surface area contributed by atoms with Crippen LogP contribution in [0.15, 0.2) is 54.6 Å². The van der Waals surface area contributed by atoms with Gasteiger partial charge in [-0.05, 0) is 24.5 Å². The van der Waals surface area contributed by atoms with Gasteiger partial charge in [-0.25, -0.2) is 8.42 Å². The zero-order valence-electron chi connectivity index (χ0n) is 11.8. The van der Waals surface area contributed by atoms with Crippen molar-refractivity contribution in [3.63, 3.8) is 0 Å². The van der Waals surface area contributed by atoms with Crippen molar-refractivity contribution in [1.82, 2.24) is 0 Å². The first-order chi connectivity index (χ1) is 10.1. The van der Waals surface area contributed by atoms with Gasteiger partial charge < -0.3 is 5.32 Å². The standard InChI is InChI=1S/C17H19NO2S/c19-21(20)12-6-9-15(13-21)18-17-11-5-4-10-16(17)14-7-2-1-3-8-14/h1-5,7-8,10-11,15,18H,6,9,12-13H2. The summed E-state index contributed by atoms with van der Waals surface area (Å²) in [5.41, 5.74) is 3.26. The van der Waals surface area contributed by atoms with E-state index in [4.69, 9.17) is 0 Å². The molecule has 1 aliphatic rings. The van der Waals surface area contributed by atoms with E-state index < -0.39 is 9.84 Å². The summed E-state index contributed by atoms with van der Waals surface area (Å²) in [5, 5.41) is 3.42. The number of anilines is 1. The first-order valence-corrected chi connectivity index (χ1v) is 9.08. The van der Waals surface area contributed by atoms with Crippen LogP contribution in [-0.2, 0) is 9.84 Å². The van der Waals surface area contributed by atoms with E-state index >= 15 is 0 Å². The molecule has 3 nitrogen and oxygen atoms in total. The molecule has 1 saturated heterocycles. The van der Waals surface area contributed by atoms with Gasteiger partial charge in [0.2, 0.25) is 0 Å². The fourth-order valence-electron chi connectivity index (χ4n) is 2.84. The van der Waals surface area contributed by atoms with Gasteiger partial charge in [0, 0.05) is 17.3 Å².